The van der Waals surface area contributed by atoms with Gasteiger partial charge in [-0.3, -0.25) is 4.99 Å². The summed E-state index contributed by atoms with van der Waals surface area (Å²) in [5.74, 6) is 1.34. The molecule has 1 saturated carbocycles. The number of benzene rings is 1. The van der Waals surface area contributed by atoms with E-state index >= 15 is 0 Å². The summed E-state index contributed by atoms with van der Waals surface area (Å²) >= 11 is 0. The number of nitrogens with one attached hydrogen (secondary N) is 3. The first-order chi connectivity index (χ1) is 11.0. The minimum Gasteiger partial charge on any atom is -0.357 e. The third-order valence-corrected chi connectivity index (χ3v) is 5.05. The van der Waals surface area contributed by atoms with Gasteiger partial charge < -0.3 is 10.6 Å². The smallest absolute Gasteiger partial charge is 0.213 e. The number of sulfonamides is 1. The molecule has 0 spiro atoms. The Hall–Kier alpha value is -0.870. The van der Waals surface area contributed by atoms with E-state index in [0.29, 0.717) is 24.5 Å². The van der Waals surface area contributed by atoms with Crippen molar-refractivity contribution in [3.05, 3.63) is 35.9 Å². The van der Waals surface area contributed by atoms with Gasteiger partial charge >= 0.3 is 0 Å². The normalized spacial score (nSPS) is 20.2. The molecule has 0 amide bonds. The molecule has 1 aromatic rings. The summed E-state index contributed by atoms with van der Waals surface area (Å²) < 4.78 is 26.6. The highest BCUT2D eigenvalue weighted by Gasteiger charge is 2.33. The molecule has 6 nitrogen and oxygen atoms in total. The first-order valence-electron chi connectivity index (χ1n) is 8.06. The molecule has 0 bridgehead atoms. The van der Waals surface area contributed by atoms with E-state index in [2.05, 4.69) is 27.3 Å². The molecule has 1 fully saturated rings. The highest BCUT2D eigenvalue weighted by Crippen LogP contribution is 2.28. The number of guanidine groups is 1. The van der Waals surface area contributed by atoms with Crippen LogP contribution in [0.1, 0.15) is 25.8 Å². The van der Waals surface area contributed by atoms with Crippen LogP contribution in [0.5, 0.6) is 0 Å². The molecule has 2 rings (SSSR count). The first kappa shape index (κ1) is 21.2. The van der Waals surface area contributed by atoms with E-state index < -0.39 is 10.0 Å². The Labute approximate surface area is 162 Å². The fourth-order valence-corrected chi connectivity index (χ4v) is 3.02. The lowest BCUT2D eigenvalue weighted by molar-refractivity contribution is 0.581. The van der Waals surface area contributed by atoms with Gasteiger partial charge in [-0.15, -0.1) is 24.0 Å². The van der Waals surface area contributed by atoms with Crippen LogP contribution in [0.4, 0.5) is 0 Å². The van der Waals surface area contributed by atoms with Crippen LogP contribution >= 0.6 is 24.0 Å². The van der Waals surface area contributed by atoms with E-state index in [-0.39, 0.29) is 36.3 Å². The standard InChI is InChI=1S/C16H26N4O2S.HI/c1-3-17-16(20-15-11-13(15)2)18-9-10-23(21,22)19-12-14-7-5-4-6-8-14;/h4-8,13,15,19H,3,9-12H2,1-2H3,(H2,17,18,20);1H. The minimum atomic E-state index is -3.33. The maximum absolute atomic E-state index is 12.0. The van der Waals surface area contributed by atoms with E-state index in [1.54, 1.807) is 0 Å². The SMILES string of the molecule is CCNC(=NCCS(=O)(=O)NCc1ccccc1)NC1CC1C.I. The molecule has 2 unspecified atom stereocenters. The second-order valence-electron chi connectivity index (χ2n) is 5.85. The summed E-state index contributed by atoms with van der Waals surface area (Å²) in [6, 6.07) is 9.93. The van der Waals surface area contributed by atoms with Crippen molar-refractivity contribution in [2.45, 2.75) is 32.9 Å². The van der Waals surface area contributed by atoms with Crippen LogP contribution in [-0.4, -0.2) is 39.3 Å². The van der Waals surface area contributed by atoms with Gasteiger partial charge in [-0.2, -0.15) is 0 Å². The summed E-state index contributed by atoms with van der Waals surface area (Å²) in [5, 5.41) is 6.45. The third kappa shape index (κ3) is 7.80. The Bertz CT molecular complexity index is 622. The Kier molecular flexibility index (Phi) is 8.99. The van der Waals surface area contributed by atoms with Gasteiger partial charge in [-0.25, -0.2) is 13.1 Å². The predicted octanol–water partition coefficient (Wildman–Crippen LogP) is 1.69. The van der Waals surface area contributed by atoms with Gasteiger partial charge in [0.25, 0.3) is 0 Å². The van der Waals surface area contributed by atoms with Crippen molar-refractivity contribution in [2.75, 3.05) is 18.8 Å². The molecule has 8 heteroatoms. The first-order valence-corrected chi connectivity index (χ1v) is 9.71. The van der Waals surface area contributed by atoms with Gasteiger partial charge in [0.15, 0.2) is 5.96 Å². The van der Waals surface area contributed by atoms with Crippen LogP contribution in [0, 0.1) is 5.92 Å². The Morgan fingerprint density at radius 2 is 1.96 bits per heavy atom. The summed E-state index contributed by atoms with van der Waals surface area (Å²) in [4.78, 5) is 4.34. The maximum Gasteiger partial charge on any atom is 0.213 e. The van der Waals surface area contributed by atoms with Gasteiger partial charge in [-0.05, 0) is 24.8 Å². The fraction of sp³-hybridized carbons (Fsp3) is 0.562. The van der Waals surface area contributed by atoms with Crippen molar-refractivity contribution in [3.8, 4) is 0 Å². The zero-order chi connectivity index (χ0) is 16.7. The molecule has 1 aromatic carbocycles. The molecule has 1 aliphatic rings. The second kappa shape index (κ2) is 10.2. The van der Waals surface area contributed by atoms with E-state index in [1.165, 1.54) is 0 Å². The monoisotopic (exact) mass is 466 g/mol. The van der Waals surface area contributed by atoms with Crippen molar-refractivity contribution in [2.24, 2.45) is 10.9 Å². The van der Waals surface area contributed by atoms with Gasteiger partial charge in [0.2, 0.25) is 10.0 Å². The average Bonchev–Trinajstić information content (AvgIpc) is 3.21. The molecule has 0 radical (unpaired) electrons. The lowest BCUT2D eigenvalue weighted by Gasteiger charge is -2.11. The van der Waals surface area contributed by atoms with Crippen LogP contribution < -0.4 is 15.4 Å². The van der Waals surface area contributed by atoms with Gasteiger partial charge in [0.05, 0.1) is 12.3 Å². The number of hydrogen-bond acceptors (Lipinski definition) is 3. The van der Waals surface area contributed by atoms with Crippen molar-refractivity contribution in [1.29, 1.82) is 0 Å². The summed E-state index contributed by atoms with van der Waals surface area (Å²) in [6.45, 7) is 5.47. The van der Waals surface area contributed by atoms with Gasteiger partial charge in [0.1, 0.15) is 0 Å². The van der Waals surface area contributed by atoms with Crippen LogP contribution in [-0.2, 0) is 16.6 Å². The molecule has 1 aliphatic carbocycles. The molecule has 0 saturated heterocycles. The molecule has 24 heavy (non-hydrogen) atoms. The van der Waals surface area contributed by atoms with Crippen LogP contribution in [0.15, 0.2) is 35.3 Å². The number of halogens is 1. The average molecular weight is 466 g/mol. The quantitative estimate of drug-likeness (QED) is 0.310. The number of hydrogen-bond donors (Lipinski definition) is 3. The van der Waals surface area contributed by atoms with Crippen molar-refractivity contribution < 1.29 is 8.42 Å². The van der Waals surface area contributed by atoms with Crippen LogP contribution in [0.3, 0.4) is 0 Å². The number of aliphatic imine (C=N–C) groups is 1. The van der Waals surface area contributed by atoms with E-state index in [0.717, 1.165) is 18.5 Å². The van der Waals surface area contributed by atoms with E-state index in [9.17, 15) is 8.42 Å². The summed E-state index contributed by atoms with van der Waals surface area (Å²) in [6.07, 6.45) is 1.14. The van der Waals surface area contributed by atoms with Crippen molar-refractivity contribution in [1.82, 2.24) is 15.4 Å². The number of nitrogens with zero attached hydrogens (tertiary/aromatic N) is 1. The van der Waals surface area contributed by atoms with E-state index in [4.69, 9.17) is 0 Å². The Balaban J connectivity index is 0.00000288. The topological polar surface area (TPSA) is 82.6 Å². The maximum atomic E-state index is 12.0. The minimum absolute atomic E-state index is 0. The molecule has 2 atom stereocenters. The van der Waals surface area contributed by atoms with Crippen LogP contribution in [0.2, 0.25) is 0 Å². The van der Waals surface area contributed by atoms with Gasteiger partial charge in [0, 0.05) is 19.1 Å². The fourth-order valence-electron chi connectivity index (χ4n) is 2.16. The largest absolute Gasteiger partial charge is 0.357 e. The molecule has 0 heterocycles. The van der Waals surface area contributed by atoms with E-state index in [1.807, 2.05) is 37.3 Å². The predicted molar refractivity (Wildman–Crippen MR) is 109 cm³/mol. The van der Waals surface area contributed by atoms with Crippen molar-refractivity contribution >= 4 is 40.0 Å². The summed E-state index contributed by atoms with van der Waals surface area (Å²) in [5.41, 5.74) is 0.942. The van der Waals surface area contributed by atoms with Gasteiger partial charge in [-0.1, -0.05) is 37.3 Å². The second-order valence-corrected chi connectivity index (χ2v) is 7.78. The number of rotatable bonds is 8. The Morgan fingerprint density at radius 1 is 1.29 bits per heavy atom. The van der Waals surface area contributed by atoms with Crippen molar-refractivity contribution in [3.63, 3.8) is 0 Å². The zero-order valence-corrected chi connectivity index (χ0v) is 17.3. The highest BCUT2D eigenvalue weighted by molar-refractivity contribution is 14.0. The van der Waals surface area contributed by atoms with Crippen LogP contribution in [0.25, 0.3) is 0 Å². The molecule has 0 aliphatic heterocycles. The Morgan fingerprint density at radius 3 is 2.54 bits per heavy atom. The molecule has 136 valence electrons. The third-order valence-electron chi connectivity index (χ3n) is 3.74. The highest BCUT2D eigenvalue weighted by atomic mass is 127. The molecular formula is C16H27IN4O2S. The lowest BCUT2D eigenvalue weighted by Crippen LogP contribution is -2.39. The molecular weight excluding hydrogens is 439 g/mol. The summed E-state index contributed by atoms with van der Waals surface area (Å²) in [7, 11) is -3.33. The zero-order valence-electron chi connectivity index (χ0n) is 14.2. The lowest BCUT2D eigenvalue weighted by atomic mass is 10.2. The molecule has 0 aromatic heterocycles. The molecule has 3 N–H and O–H groups in total.